The molecule has 1 aromatic carbocycles. The Kier molecular flexibility index (Phi) is 5.36. The molecule has 0 radical (unpaired) electrons. The van der Waals surface area contributed by atoms with Gasteiger partial charge in [0.25, 0.3) is 0 Å². The standard InChI is InChI=1S/C18H23N3O3S/c1-14-4-9-18(22)17(20-14)13-19-12-15-5-7-16(8-6-15)25(23,24)21-10-2-3-11-21/h4-9,19,22H,2-3,10-13H2,1H3. The van der Waals surface area contributed by atoms with E-state index >= 15 is 0 Å². The second-order valence-corrected chi connectivity index (χ2v) is 8.22. The molecule has 1 aromatic heterocycles. The van der Waals surface area contributed by atoms with E-state index in [1.165, 1.54) is 0 Å². The number of rotatable bonds is 6. The zero-order valence-corrected chi connectivity index (χ0v) is 15.1. The second-order valence-electron chi connectivity index (χ2n) is 6.28. The first-order valence-corrected chi connectivity index (χ1v) is 9.86. The highest BCUT2D eigenvalue weighted by Gasteiger charge is 2.26. The number of aryl methyl sites for hydroxylation is 1. The van der Waals surface area contributed by atoms with Gasteiger partial charge in [0.05, 0.1) is 10.6 Å². The molecule has 2 heterocycles. The van der Waals surface area contributed by atoms with Crippen molar-refractivity contribution < 1.29 is 13.5 Å². The second kappa shape index (κ2) is 7.51. The van der Waals surface area contributed by atoms with Crippen LogP contribution in [-0.2, 0) is 23.1 Å². The van der Waals surface area contributed by atoms with Crippen molar-refractivity contribution in [3.63, 3.8) is 0 Å². The molecule has 0 atom stereocenters. The number of aromatic nitrogens is 1. The molecule has 3 rings (SSSR count). The lowest BCUT2D eigenvalue weighted by Crippen LogP contribution is -2.27. The van der Waals surface area contributed by atoms with Crippen LogP contribution in [0.25, 0.3) is 0 Å². The van der Waals surface area contributed by atoms with E-state index in [2.05, 4.69) is 10.3 Å². The molecule has 0 spiro atoms. The summed E-state index contributed by atoms with van der Waals surface area (Å²) in [5.41, 5.74) is 2.44. The first kappa shape index (κ1) is 17.8. The van der Waals surface area contributed by atoms with Crippen LogP contribution in [-0.4, -0.2) is 35.9 Å². The first-order chi connectivity index (χ1) is 12.0. The van der Waals surface area contributed by atoms with Crippen LogP contribution in [0, 0.1) is 6.92 Å². The fraction of sp³-hybridized carbons (Fsp3) is 0.389. The molecule has 0 unspecified atom stereocenters. The van der Waals surface area contributed by atoms with Crippen LogP contribution in [0.15, 0.2) is 41.3 Å². The molecule has 1 fully saturated rings. The summed E-state index contributed by atoms with van der Waals surface area (Å²) in [7, 11) is -3.36. The van der Waals surface area contributed by atoms with Gasteiger partial charge in [-0.1, -0.05) is 12.1 Å². The number of aromatic hydroxyl groups is 1. The zero-order chi connectivity index (χ0) is 17.9. The number of nitrogens with one attached hydrogen (secondary N) is 1. The van der Waals surface area contributed by atoms with Crippen LogP contribution in [0.1, 0.15) is 29.8 Å². The summed E-state index contributed by atoms with van der Waals surface area (Å²) in [5.74, 6) is 0.171. The van der Waals surface area contributed by atoms with Crippen molar-refractivity contribution in [1.29, 1.82) is 0 Å². The van der Waals surface area contributed by atoms with Gasteiger partial charge in [-0.2, -0.15) is 4.31 Å². The Morgan fingerprint density at radius 2 is 1.76 bits per heavy atom. The van der Waals surface area contributed by atoms with Gasteiger partial charge in [0.2, 0.25) is 10.0 Å². The summed E-state index contributed by atoms with van der Waals surface area (Å²) in [6.45, 7) is 4.11. The van der Waals surface area contributed by atoms with Gasteiger partial charge in [-0.25, -0.2) is 8.42 Å². The SMILES string of the molecule is Cc1ccc(O)c(CNCc2ccc(S(=O)(=O)N3CCCC3)cc2)n1. The quantitative estimate of drug-likeness (QED) is 0.824. The molecule has 0 aliphatic carbocycles. The summed E-state index contributed by atoms with van der Waals surface area (Å²) in [6, 6.07) is 10.4. The van der Waals surface area contributed by atoms with Gasteiger partial charge in [-0.15, -0.1) is 0 Å². The summed E-state index contributed by atoms with van der Waals surface area (Å²) in [6.07, 6.45) is 1.86. The number of sulfonamides is 1. The van der Waals surface area contributed by atoms with E-state index in [0.717, 1.165) is 24.1 Å². The topological polar surface area (TPSA) is 82.5 Å². The average Bonchev–Trinajstić information content (AvgIpc) is 3.14. The fourth-order valence-electron chi connectivity index (χ4n) is 2.92. The lowest BCUT2D eigenvalue weighted by Gasteiger charge is -2.15. The summed E-state index contributed by atoms with van der Waals surface area (Å²) in [4.78, 5) is 4.64. The van der Waals surface area contributed by atoms with Gasteiger partial charge in [-0.3, -0.25) is 4.98 Å². The molecule has 25 heavy (non-hydrogen) atoms. The Bertz CT molecular complexity index is 829. The highest BCUT2D eigenvalue weighted by atomic mass is 32.2. The van der Waals surface area contributed by atoms with Crippen LogP contribution in [0.2, 0.25) is 0 Å². The molecular weight excluding hydrogens is 338 g/mol. The van der Waals surface area contributed by atoms with Crippen LogP contribution in [0.3, 0.4) is 0 Å². The van der Waals surface area contributed by atoms with Crippen LogP contribution >= 0.6 is 0 Å². The minimum atomic E-state index is -3.36. The van der Waals surface area contributed by atoms with E-state index in [-0.39, 0.29) is 5.75 Å². The minimum Gasteiger partial charge on any atom is -0.506 e. The molecule has 1 aliphatic rings. The van der Waals surface area contributed by atoms with Crippen molar-refractivity contribution in [3.05, 3.63) is 53.3 Å². The predicted molar refractivity (Wildman–Crippen MR) is 95.6 cm³/mol. The molecule has 2 aromatic rings. The van der Waals surface area contributed by atoms with E-state index < -0.39 is 10.0 Å². The van der Waals surface area contributed by atoms with E-state index in [1.807, 2.05) is 19.1 Å². The molecule has 134 valence electrons. The minimum absolute atomic E-state index is 0.171. The van der Waals surface area contributed by atoms with Gasteiger partial charge < -0.3 is 10.4 Å². The number of hydrogen-bond acceptors (Lipinski definition) is 5. The third kappa shape index (κ3) is 4.18. The highest BCUT2D eigenvalue weighted by Crippen LogP contribution is 2.21. The summed E-state index contributed by atoms with van der Waals surface area (Å²) < 4.78 is 26.5. The number of nitrogens with zero attached hydrogens (tertiary/aromatic N) is 2. The van der Waals surface area contributed by atoms with Crippen molar-refractivity contribution in [2.24, 2.45) is 0 Å². The van der Waals surface area contributed by atoms with Crippen LogP contribution in [0.5, 0.6) is 5.75 Å². The Morgan fingerprint density at radius 3 is 2.44 bits per heavy atom. The maximum absolute atomic E-state index is 12.5. The molecular formula is C18H23N3O3S. The van der Waals surface area contributed by atoms with E-state index in [0.29, 0.717) is 36.8 Å². The molecule has 1 saturated heterocycles. The van der Waals surface area contributed by atoms with Crippen molar-refractivity contribution in [2.75, 3.05) is 13.1 Å². The molecule has 0 saturated carbocycles. The van der Waals surface area contributed by atoms with Crippen molar-refractivity contribution in [3.8, 4) is 5.75 Å². The van der Waals surface area contributed by atoms with Crippen molar-refractivity contribution in [2.45, 2.75) is 37.8 Å². The lowest BCUT2D eigenvalue weighted by molar-refractivity contribution is 0.459. The molecule has 1 aliphatic heterocycles. The fourth-order valence-corrected chi connectivity index (χ4v) is 4.43. The van der Waals surface area contributed by atoms with Crippen molar-refractivity contribution >= 4 is 10.0 Å². The van der Waals surface area contributed by atoms with E-state index in [4.69, 9.17) is 0 Å². The normalized spacial score (nSPS) is 15.6. The Hall–Kier alpha value is -1.96. The van der Waals surface area contributed by atoms with Gasteiger partial charge in [0, 0.05) is 31.9 Å². The Balaban J connectivity index is 1.60. The Labute approximate surface area is 148 Å². The van der Waals surface area contributed by atoms with Crippen molar-refractivity contribution in [1.82, 2.24) is 14.6 Å². The number of pyridine rings is 1. The molecule has 6 nitrogen and oxygen atoms in total. The van der Waals surface area contributed by atoms with E-state index in [1.54, 1.807) is 28.6 Å². The zero-order valence-electron chi connectivity index (χ0n) is 14.3. The summed E-state index contributed by atoms with van der Waals surface area (Å²) in [5, 5.41) is 13.0. The monoisotopic (exact) mass is 361 g/mol. The smallest absolute Gasteiger partial charge is 0.243 e. The maximum atomic E-state index is 12.5. The van der Waals surface area contributed by atoms with Crippen LogP contribution < -0.4 is 5.32 Å². The third-order valence-electron chi connectivity index (χ3n) is 4.34. The number of hydrogen-bond donors (Lipinski definition) is 2. The van der Waals surface area contributed by atoms with Crippen LogP contribution in [0.4, 0.5) is 0 Å². The third-order valence-corrected chi connectivity index (χ3v) is 6.25. The largest absolute Gasteiger partial charge is 0.506 e. The highest BCUT2D eigenvalue weighted by molar-refractivity contribution is 7.89. The predicted octanol–water partition coefficient (Wildman–Crippen LogP) is 2.17. The average molecular weight is 361 g/mol. The first-order valence-electron chi connectivity index (χ1n) is 8.42. The maximum Gasteiger partial charge on any atom is 0.243 e. The lowest BCUT2D eigenvalue weighted by atomic mass is 10.2. The van der Waals surface area contributed by atoms with Gasteiger partial charge >= 0.3 is 0 Å². The van der Waals surface area contributed by atoms with Gasteiger partial charge in [-0.05, 0) is 49.6 Å². The Morgan fingerprint density at radius 1 is 1.08 bits per heavy atom. The molecule has 0 amide bonds. The number of benzene rings is 1. The van der Waals surface area contributed by atoms with Gasteiger partial charge in [0.1, 0.15) is 5.75 Å². The summed E-state index contributed by atoms with van der Waals surface area (Å²) >= 11 is 0. The molecule has 7 heteroatoms. The molecule has 0 bridgehead atoms. The van der Waals surface area contributed by atoms with Gasteiger partial charge in [0.15, 0.2) is 0 Å². The molecule has 2 N–H and O–H groups in total. The van der Waals surface area contributed by atoms with E-state index in [9.17, 15) is 13.5 Å².